The number of nitrogens with zero attached hydrogens (tertiary/aromatic N) is 5. The molecule has 5 rings (SSSR count). The van der Waals surface area contributed by atoms with Gasteiger partial charge in [0.2, 0.25) is 0 Å². The average molecular weight is 616 g/mol. The molecule has 2 aromatic heterocycles. The van der Waals surface area contributed by atoms with Crippen LogP contribution in [0.4, 0.5) is 17.6 Å². The highest BCUT2D eigenvalue weighted by Gasteiger charge is 2.51. The summed E-state index contributed by atoms with van der Waals surface area (Å²) in [7, 11) is -2.69. The Kier molecular flexibility index (Phi) is 7.99. The molecule has 0 amide bonds. The van der Waals surface area contributed by atoms with Crippen LogP contribution in [0.1, 0.15) is 53.5 Å². The molecule has 0 spiro atoms. The Labute approximate surface area is 246 Å². The number of hydrogen-bond donors (Lipinski definition) is 0. The zero-order valence-corrected chi connectivity index (χ0v) is 24.3. The van der Waals surface area contributed by atoms with Crippen LogP contribution in [0.2, 0.25) is 0 Å². The first-order valence-corrected chi connectivity index (χ1v) is 15.0. The smallest absolute Gasteiger partial charge is 0.291 e. The van der Waals surface area contributed by atoms with Crippen LogP contribution in [0, 0.1) is 11.2 Å². The number of benzene rings is 1. The second-order valence-electron chi connectivity index (χ2n) is 10.5. The molecule has 0 unspecified atom stereocenters. The number of sulfonamides is 1. The number of carbonyl (C=O) groups is 1. The fourth-order valence-electron chi connectivity index (χ4n) is 6.11. The molecule has 226 valence electrons. The quantitative estimate of drug-likeness (QED) is 0.148. The van der Waals surface area contributed by atoms with E-state index in [0.29, 0.717) is 41.6 Å². The Hall–Kier alpha value is -3.97. The van der Waals surface area contributed by atoms with E-state index in [1.165, 1.54) is 23.5 Å². The third-order valence-corrected chi connectivity index (χ3v) is 10.2. The molecule has 3 aromatic rings. The van der Waals surface area contributed by atoms with Gasteiger partial charge in [0, 0.05) is 25.8 Å². The maximum absolute atomic E-state index is 14.3. The predicted octanol–water partition coefficient (Wildman–Crippen LogP) is 5.65. The van der Waals surface area contributed by atoms with Gasteiger partial charge in [0.15, 0.2) is 10.8 Å². The van der Waals surface area contributed by atoms with Gasteiger partial charge in [0.05, 0.1) is 28.6 Å². The lowest BCUT2D eigenvalue weighted by Crippen LogP contribution is -2.51. The van der Waals surface area contributed by atoms with Gasteiger partial charge in [-0.05, 0) is 79.8 Å². The molecule has 2 aliphatic carbocycles. The minimum atomic E-state index is -4.62. The molecule has 1 fully saturated rings. The van der Waals surface area contributed by atoms with Crippen molar-refractivity contribution in [1.82, 2.24) is 19.1 Å². The summed E-state index contributed by atoms with van der Waals surface area (Å²) >= 11 is 0. The molecule has 0 saturated heterocycles. The number of alkyl halides is 3. The van der Waals surface area contributed by atoms with Crippen LogP contribution in [0.25, 0.3) is 11.8 Å². The van der Waals surface area contributed by atoms with Gasteiger partial charge < -0.3 is 0 Å². The first kappa shape index (κ1) is 30.5. The fourth-order valence-corrected chi connectivity index (χ4v) is 7.71. The summed E-state index contributed by atoms with van der Waals surface area (Å²) in [5.41, 5.74) is 0.257. The molecular weight excluding hydrogens is 586 g/mol. The van der Waals surface area contributed by atoms with Crippen LogP contribution in [-0.4, -0.2) is 57.9 Å². The van der Waals surface area contributed by atoms with Crippen LogP contribution in [-0.2, 0) is 22.6 Å². The lowest BCUT2D eigenvalue weighted by molar-refractivity contribution is -0.137. The Bertz CT molecular complexity index is 1730. The van der Waals surface area contributed by atoms with E-state index in [9.17, 15) is 30.8 Å². The monoisotopic (exact) mass is 615 g/mol. The van der Waals surface area contributed by atoms with E-state index < -0.39 is 44.8 Å². The van der Waals surface area contributed by atoms with Crippen molar-refractivity contribution in [1.29, 1.82) is 0 Å². The van der Waals surface area contributed by atoms with E-state index in [1.54, 1.807) is 29.9 Å². The number of fused-ring (bicyclic) bond motifs is 2. The van der Waals surface area contributed by atoms with Gasteiger partial charge in [-0.1, -0.05) is 19.1 Å². The van der Waals surface area contributed by atoms with Crippen molar-refractivity contribution in [2.24, 2.45) is 10.4 Å². The molecule has 0 aliphatic heterocycles. The predicted molar refractivity (Wildman–Crippen MR) is 154 cm³/mol. The number of halogens is 4. The van der Waals surface area contributed by atoms with Crippen molar-refractivity contribution in [3.63, 3.8) is 0 Å². The molecule has 2 atom stereocenters. The van der Waals surface area contributed by atoms with Crippen molar-refractivity contribution >= 4 is 26.9 Å². The Morgan fingerprint density at radius 3 is 2.51 bits per heavy atom. The minimum Gasteiger partial charge on any atom is -0.291 e. The highest BCUT2D eigenvalue weighted by Crippen LogP contribution is 2.51. The number of aromatic nitrogens is 3. The lowest BCUT2D eigenvalue weighted by atomic mass is 9.60. The summed E-state index contributed by atoms with van der Waals surface area (Å²) in [6.07, 6.45) is 1.53. The third kappa shape index (κ3) is 5.35. The van der Waals surface area contributed by atoms with Crippen molar-refractivity contribution in [2.45, 2.75) is 44.8 Å². The first-order valence-electron chi connectivity index (χ1n) is 13.6. The molecule has 2 heterocycles. The van der Waals surface area contributed by atoms with Crippen molar-refractivity contribution in [3.05, 3.63) is 95.4 Å². The van der Waals surface area contributed by atoms with E-state index in [0.717, 1.165) is 18.2 Å². The van der Waals surface area contributed by atoms with Gasteiger partial charge in [-0.3, -0.25) is 14.8 Å². The van der Waals surface area contributed by atoms with Crippen LogP contribution < -0.4 is 0 Å². The van der Waals surface area contributed by atoms with Crippen LogP contribution >= 0.6 is 0 Å². The first-order chi connectivity index (χ1) is 20.3. The summed E-state index contributed by atoms with van der Waals surface area (Å²) in [5, 5.41) is 4.28. The number of ketones is 1. The largest absolute Gasteiger partial charge is 0.417 e. The molecule has 0 radical (unpaired) electrons. The molecule has 2 aliphatic rings. The van der Waals surface area contributed by atoms with Gasteiger partial charge in [-0.15, -0.1) is 0 Å². The van der Waals surface area contributed by atoms with Crippen LogP contribution in [0.3, 0.4) is 0 Å². The second kappa shape index (κ2) is 11.3. The minimum absolute atomic E-state index is 0.0722. The second-order valence-corrected chi connectivity index (χ2v) is 12.3. The van der Waals surface area contributed by atoms with E-state index in [4.69, 9.17) is 0 Å². The van der Waals surface area contributed by atoms with Crippen molar-refractivity contribution in [3.8, 4) is 5.69 Å². The van der Waals surface area contributed by atoms with Crippen LogP contribution in [0.5, 0.6) is 0 Å². The zero-order chi connectivity index (χ0) is 31.2. The SMILES string of the molecule is C=C/C(=N\C)S(=O)(=O)N(CC)[C@H]1CCC2=Cc3c(cnn3-c3ccc(F)cc3)C[C@]2(C(=O)c2ccc(C(F)(F)F)cn2)C1. The summed E-state index contributed by atoms with van der Waals surface area (Å²) in [4.78, 5) is 22.1. The highest BCUT2D eigenvalue weighted by atomic mass is 32.2. The van der Waals surface area contributed by atoms with Gasteiger partial charge in [0.25, 0.3) is 10.0 Å². The summed E-state index contributed by atoms with van der Waals surface area (Å²) in [5.74, 6) is -0.905. The van der Waals surface area contributed by atoms with Gasteiger partial charge in [-0.2, -0.15) is 22.6 Å². The lowest BCUT2D eigenvalue weighted by Gasteiger charge is -2.46. The Morgan fingerprint density at radius 2 is 1.93 bits per heavy atom. The number of Topliss-reactive ketones (excluding diaryl/α,β-unsaturated/α-hetero) is 1. The molecule has 13 heteroatoms. The Morgan fingerprint density at radius 1 is 1.21 bits per heavy atom. The number of carbonyl (C=O) groups excluding carboxylic acids is 1. The van der Waals surface area contributed by atoms with Gasteiger partial charge in [-0.25, -0.2) is 17.5 Å². The summed E-state index contributed by atoms with van der Waals surface area (Å²) < 4.78 is 83.3. The maximum atomic E-state index is 14.3. The normalized spacial score (nSPS) is 20.8. The van der Waals surface area contributed by atoms with Crippen LogP contribution in [0.15, 0.2) is 72.0 Å². The topological polar surface area (TPSA) is 97.5 Å². The third-order valence-electron chi connectivity index (χ3n) is 8.15. The maximum Gasteiger partial charge on any atom is 0.417 e. The Balaban J connectivity index is 1.61. The molecule has 1 saturated carbocycles. The molecule has 8 nitrogen and oxygen atoms in total. The number of rotatable bonds is 7. The fraction of sp³-hybridized carbons (Fsp3) is 0.333. The zero-order valence-electron chi connectivity index (χ0n) is 23.5. The number of hydrogen-bond acceptors (Lipinski definition) is 6. The summed E-state index contributed by atoms with van der Waals surface area (Å²) in [6.45, 7) is 5.37. The highest BCUT2D eigenvalue weighted by molar-refractivity contribution is 8.04. The molecular formula is C30H29F4N5O3S. The van der Waals surface area contributed by atoms with Gasteiger partial charge >= 0.3 is 6.18 Å². The number of aliphatic imine (C=N–C) groups is 1. The standard InChI is InChI=1S/C30H29F4N5O3S/c1-4-27(35-3)43(41,42)38(5-2)24-10-6-20-14-26-19(17-37-39(26)23-11-8-22(31)9-12-23)15-29(20,16-24)28(40)25-13-7-21(18-36-25)30(32,33)34/h4,7-9,11-14,17-18,24H,1,5-6,10,15-16H2,2-3H3/b35-27+/t24-,29-/m0/s1. The van der Waals surface area contributed by atoms with E-state index in [2.05, 4.69) is 21.7 Å². The molecule has 0 bridgehead atoms. The van der Waals surface area contributed by atoms with Gasteiger partial charge in [0.1, 0.15) is 11.5 Å². The van der Waals surface area contributed by atoms with E-state index >= 15 is 0 Å². The molecule has 0 N–H and O–H groups in total. The number of pyridine rings is 1. The number of allylic oxidation sites excluding steroid dienone is 1. The van der Waals surface area contributed by atoms with Crippen molar-refractivity contribution in [2.75, 3.05) is 13.6 Å². The molecule has 43 heavy (non-hydrogen) atoms. The van der Waals surface area contributed by atoms with E-state index in [1.807, 2.05) is 6.08 Å². The van der Waals surface area contributed by atoms with E-state index in [-0.39, 0.29) is 30.1 Å². The summed E-state index contributed by atoms with van der Waals surface area (Å²) in [6, 6.07) is 7.04. The molecule has 1 aromatic carbocycles. The average Bonchev–Trinajstić information content (AvgIpc) is 3.38. The van der Waals surface area contributed by atoms with Crippen molar-refractivity contribution < 1.29 is 30.8 Å².